The number of benzene rings is 2. The van der Waals surface area contributed by atoms with Crippen LogP contribution in [0, 0.1) is 6.92 Å². The zero-order chi connectivity index (χ0) is 15.2. The first-order valence-electron chi connectivity index (χ1n) is 6.77. The third-order valence-electron chi connectivity index (χ3n) is 2.91. The summed E-state index contributed by atoms with van der Waals surface area (Å²) >= 11 is 0. The minimum absolute atomic E-state index is 0.200. The number of anilines is 1. The van der Waals surface area contributed by atoms with Crippen LogP contribution in [0.5, 0.6) is 5.75 Å². The molecule has 0 atom stereocenters. The lowest BCUT2D eigenvalue weighted by Crippen LogP contribution is -2.12. The standard InChI is InChI=1S/C17H17NO3/c1-3-16(19)21-15-9-7-13(8-10-15)17(20)18-14-6-4-5-12(2)11-14/h4-11H,3H2,1-2H3,(H,18,20). The van der Waals surface area contributed by atoms with Crippen LogP contribution < -0.4 is 10.1 Å². The number of rotatable bonds is 4. The van der Waals surface area contributed by atoms with E-state index < -0.39 is 0 Å². The second-order valence-electron chi connectivity index (χ2n) is 4.68. The summed E-state index contributed by atoms with van der Waals surface area (Å²) in [7, 11) is 0. The van der Waals surface area contributed by atoms with Crippen LogP contribution >= 0.6 is 0 Å². The Balaban J connectivity index is 2.04. The van der Waals surface area contributed by atoms with Gasteiger partial charge < -0.3 is 10.1 Å². The number of hydrogen-bond acceptors (Lipinski definition) is 3. The van der Waals surface area contributed by atoms with Crippen LogP contribution in [0.4, 0.5) is 5.69 Å². The van der Waals surface area contributed by atoms with Crippen molar-refractivity contribution in [2.24, 2.45) is 0 Å². The normalized spacial score (nSPS) is 10.0. The van der Waals surface area contributed by atoms with Gasteiger partial charge in [0.05, 0.1) is 0 Å². The molecule has 0 saturated heterocycles. The summed E-state index contributed by atoms with van der Waals surface area (Å²) < 4.78 is 5.06. The van der Waals surface area contributed by atoms with Crippen LogP contribution in [-0.2, 0) is 4.79 Å². The number of nitrogens with one attached hydrogen (secondary N) is 1. The van der Waals surface area contributed by atoms with E-state index in [1.807, 2.05) is 31.2 Å². The Hall–Kier alpha value is -2.62. The highest BCUT2D eigenvalue weighted by Crippen LogP contribution is 2.15. The SMILES string of the molecule is CCC(=O)Oc1ccc(C(=O)Nc2cccc(C)c2)cc1. The van der Waals surface area contributed by atoms with E-state index in [1.54, 1.807) is 31.2 Å². The number of hydrogen-bond donors (Lipinski definition) is 1. The summed E-state index contributed by atoms with van der Waals surface area (Å²) in [5.74, 6) is -0.0603. The number of aryl methyl sites for hydroxylation is 1. The Kier molecular flexibility index (Phi) is 4.72. The summed E-state index contributed by atoms with van der Waals surface area (Å²) in [6, 6.07) is 14.1. The molecule has 0 unspecified atom stereocenters. The molecule has 0 fully saturated rings. The molecule has 0 saturated carbocycles. The van der Waals surface area contributed by atoms with Crippen LogP contribution in [0.15, 0.2) is 48.5 Å². The first-order chi connectivity index (χ1) is 10.1. The van der Waals surface area contributed by atoms with Gasteiger partial charge in [-0.3, -0.25) is 9.59 Å². The van der Waals surface area contributed by atoms with Gasteiger partial charge in [0.15, 0.2) is 0 Å². The zero-order valence-corrected chi connectivity index (χ0v) is 12.1. The molecule has 2 rings (SSSR count). The van der Waals surface area contributed by atoms with Gasteiger partial charge in [-0.15, -0.1) is 0 Å². The fourth-order valence-corrected chi connectivity index (χ4v) is 1.80. The number of carbonyl (C=O) groups excluding carboxylic acids is 2. The van der Waals surface area contributed by atoms with Gasteiger partial charge in [0.1, 0.15) is 5.75 Å². The van der Waals surface area contributed by atoms with Crippen molar-refractivity contribution < 1.29 is 14.3 Å². The van der Waals surface area contributed by atoms with Gasteiger partial charge in [-0.1, -0.05) is 19.1 Å². The molecule has 0 aliphatic heterocycles. The Morgan fingerprint density at radius 1 is 1.10 bits per heavy atom. The van der Waals surface area contributed by atoms with Gasteiger partial charge in [0, 0.05) is 17.7 Å². The largest absolute Gasteiger partial charge is 0.427 e. The van der Waals surface area contributed by atoms with E-state index >= 15 is 0 Å². The monoisotopic (exact) mass is 283 g/mol. The molecule has 4 heteroatoms. The van der Waals surface area contributed by atoms with Crippen LogP contribution in [0.3, 0.4) is 0 Å². The van der Waals surface area contributed by atoms with Crippen molar-refractivity contribution in [3.8, 4) is 5.75 Å². The third kappa shape index (κ3) is 4.18. The lowest BCUT2D eigenvalue weighted by atomic mass is 10.2. The van der Waals surface area contributed by atoms with Gasteiger partial charge in [-0.2, -0.15) is 0 Å². The van der Waals surface area contributed by atoms with Crippen LogP contribution in [-0.4, -0.2) is 11.9 Å². The second-order valence-corrected chi connectivity index (χ2v) is 4.68. The van der Waals surface area contributed by atoms with E-state index in [1.165, 1.54) is 0 Å². The molecular formula is C17H17NO3. The summed E-state index contributed by atoms with van der Waals surface area (Å²) in [6.07, 6.45) is 0.315. The predicted octanol–water partition coefficient (Wildman–Crippen LogP) is 3.56. The molecule has 1 amide bonds. The topological polar surface area (TPSA) is 55.4 Å². The van der Waals surface area contributed by atoms with Gasteiger partial charge >= 0.3 is 5.97 Å². The molecule has 0 heterocycles. The minimum Gasteiger partial charge on any atom is -0.427 e. The van der Waals surface area contributed by atoms with E-state index in [9.17, 15) is 9.59 Å². The highest BCUT2D eigenvalue weighted by molar-refractivity contribution is 6.04. The average molecular weight is 283 g/mol. The Bertz CT molecular complexity index is 647. The molecule has 0 aliphatic carbocycles. The number of esters is 1. The van der Waals surface area contributed by atoms with E-state index in [0.29, 0.717) is 17.7 Å². The Morgan fingerprint density at radius 3 is 2.43 bits per heavy atom. The van der Waals surface area contributed by atoms with Crippen molar-refractivity contribution in [1.82, 2.24) is 0 Å². The van der Waals surface area contributed by atoms with E-state index in [-0.39, 0.29) is 11.9 Å². The molecule has 2 aromatic carbocycles. The second kappa shape index (κ2) is 6.70. The highest BCUT2D eigenvalue weighted by atomic mass is 16.5. The Morgan fingerprint density at radius 2 is 1.81 bits per heavy atom. The van der Waals surface area contributed by atoms with Crippen molar-refractivity contribution in [3.63, 3.8) is 0 Å². The van der Waals surface area contributed by atoms with Gasteiger partial charge in [-0.05, 0) is 48.9 Å². The number of amides is 1. The maximum Gasteiger partial charge on any atom is 0.310 e. The molecule has 4 nitrogen and oxygen atoms in total. The van der Waals surface area contributed by atoms with Crippen molar-refractivity contribution in [3.05, 3.63) is 59.7 Å². The Labute approximate surface area is 123 Å². The molecule has 0 bridgehead atoms. The first-order valence-corrected chi connectivity index (χ1v) is 6.77. The molecular weight excluding hydrogens is 266 g/mol. The summed E-state index contributed by atoms with van der Waals surface area (Å²) in [5.41, 5.74) is 2.34. The molecule has 1 N–H and O–H groups in total. The van der Waals surface area contributed by atoms with E-state index in [2.05, 4.69) is 5.32 Å². The molecule has 0 spiro atoms. The smallest absolute Gasteiger partial charge is 0.310 e. The number of ether oxygens (including phenoxy) is 1. The molecule has 0 aromatic heterocycles. The van der Waals surface area contributed by atoms with Crippen LogP contribution in [0.25, 0.3) is 0 Å². The molecule has 0 radical (unpaired) electrons. The minimum atomic E-state index is -0.299. The lowest BCUT2D eigenvalue weighted by molar-refractivity contribution is -0.134. The van der Waals surface area contributed by atoms with Crippen molar-refractivity contribution in [2.45, 2.75) is 20.3 Å². The third-order valence-corrected chi connectivity index (χ3v) is 2.91. The summed E-state index contributed by atoms with van der Waals surface area (Å²) in [4.78, 5) is 23.3. The zero-order valence-electron chi connectivity index (χ0n) is 12.1. The van der Waals surface area contributed by atoms with Gasteiger partial charge in [0.25, 0.3) is 5.91 Å². The van der Waals surface area contributed by atoms with Crippen molar-refractivity contribution in [2.75, 3.05) is 5.32 Å². The molecule has 108 valence electrons. The highest BCUT2D eigenvalue weighted by Gasteiger charge is 2.07. The predicted molar refractivity (Wildman–Crippen MR) is 81.5 cm³/mol. The van der Waals surface area contributed by atoms with Gasteiger partial charge in [-0.25, -0.2) is 0 Å². The van der Waals surface area contributed by atoms with Crippen LogP contribution in [0.2, 0.25) is 0 Å². The fourth-order valence-electron chi connectivity index (χ4n) is 1.80. The summed E-state index contributed by atoms with van der Waals surface area (Å²) in [5, 5.41) is 2.82. The molecule has 0 aliphatic rings. The quantitative estimate of drug-likeness (QED) is 0.689. The van der Waals surface area contributed by atoms with Gasteiger partial charge in [0.2, 0.25) is 0 Å². The molecule has 2 aromatic rings. The maximum absolute atomic E-state index is 12.1. The first kappa shape index (κ1) is 14.8. The average Bonchev–Trinajstić information content (AvgIpc) is 2.47. The fraction of sp³-hybridized carbons (Fsp3) is 0.176. The maximum atomic E-state index is 12.1. The van der Waals surface area contributed by atoms with Crippen molar-refractivity contribution >= 4 is 17.6 Å². The number of carbonyl (C=O) groups is 2. The van der Waals surface area contributed by atoms with E-state index in [0.717, 1.165) is 11.3 Å². The van der Waals surface area contributed by atoms with Crippen molar-refractivity contribution in [1.29, 1.82) is 0 Å². The lowest BCUT2D eigenvalue weighted by Gasteiger charge is -2.07. The molecule has 21 heavy (non-hydrogen) atoms. The summed E-state index contributed by atoms with van der Waals surface area (Å²) in [6.45, 7) is 3.69. The van der Waals surface area contributed by atoms with E-state index in [4.69, 9.17) is 4.74 Å². The van der Waals surface area contributed by atoms with Crippen LogP contribution in [0.1, 0.15) is 29.3 Å².